The minimum absolute atomic E-state index is 0.112. The van der Waals surface area contributed by atoms with E-state index in [0.29, 0.717) is 43.6 Å². The topological polar surface area (TPSA) is 113 Å². The van der Waals surface area contributed by atoms with Crippen LogP contribution >= 0.6 is 0 Å². The number of amides is 1. The fraction of sp³-hybridized carbons (Fsp3) is 0.632. The molecule has 2 saturated heterocycles. The Balaban J connectivity index is 1.70. The molecule has 3 rings (SSSR count). The zero-order chi connectivity index (χ0) is 21.0. The molecule has 0 radical (unpaired) electrons. The largest absolute Gasteiger partial charge is 0.371 e. The van der Waals surface area contributed by atoms with E-state index in [2.05, 4.69) is 10.2 Å². The molecule has 0 bridgehead atoms. The van der Waals surface area contributed by atoms with Crippen LogP contribution in [0.4, 0.5) is 11.4 Å². The van der Waals surface area contributed by atoms with Crippen LogP contribution in [-0.4, -0.2) is 61.5 Å². The molecule has 0 spiro atoms. The van der Waals surface area contributed by atoms with Crippen LogP contribution in [0, 0.1) is 10.1 Å². The molecule has 29 heavy (non-hydrogen) atoms. The van der Waals surface area contributed by atoms with Gasteiger partial charge in [-0.25, -0.2) is 12.7 Å². The van der Waals surface area contributed by atoms with Crippen LogP contribution in [0.25, 0.3) is 0 Å². The van der Waals surface area contributed by atoms with Crippen LogP contribution in [-0.2, 0) is 10.0 Å². The van der Waals surface area contributed by atoms with Crippen molar-refractivity contribution in [2.45, 2.75) is 45.1 Å². The van der Waals surface area contributed by atoms with Crippen LogP contribution in [0.5, 0.6) is 0 Å². The maximum Gasteiger partial charge on any atom is 0.270 e. The number of hydrogen-bond acceptors (Lipinski definition) is 6. The minimum Gasteiger partial charge on any atom is -0.371 e. The number of nitrogens with one attached hydrogen (secondary N) is 1. The van der Waals surface area contributed by atoms with Gasteiger partial charge in [-0.15, -0.1) is 0 Å². The van der Waals surface area contributed by atoms with E-state index in [1.807, 2.05) is 6.92 Å². The molecular formula is C19H28N4O5S. The third-order valence-corrected chi connectivity index (χ3v) is 7.60. The molecule has 2 aliphatic heterocycles. The molecule has 1 aromatic carbocycles. The molecular weight excluding hydrogens is 396 g/mol. The molecule has 2 fully saturated rings. The third kappa shape index (κ3) is 5.05. The molecule has 9 nitrogen and oxygen atoms in total. The Morgan fingerprint density at radius 2 is 1.86 bits per heavy atom. The summed E-state index contributed by atoms with van der Waals surface area (Å²) in [6.45, 7) is 4.24. The minimum atomic E-state index is -3.23. The highest BCUT2D eigenvalue weighted by Gasteiger charge is 2.29. The number of carbonyl (C=O) groups is 1. The van der Waals surface area contributed by atoms with E-state index in [4.69, 9.17) is 0 Å². The Bertz CT molecular complexity index is 859. The molecule has 0 atom stereocenters. The Hall–Kier alpha value is -2.20. The summed E-state index contributed by atoms with van der Waals surface area (Å²) in [5, 5.41) is 14.1. The number of rotatable bonds is 7. The monoisotopic (exact) mass is 424 g/mol. The van der Waals surface area contributed by atoms with Gasteiger partial charge in [-0.1, -0.05) is 6.92 Å². The lowest BCUT2D eigenvalue weighted by Crippen LogP contribution is -2.47. The van der Waals surface area contributed by atoms with Crippen LogP contribution in [0.3, 0.4) is 0 Å². The molecule has 2 heterocycles. The highest BCUT2D eigenvalue weighted by Crippen LogP contribution is 2.28. The number of nitro groups is 1. The second-order valence-electron chi connectivity index (χ2n) is 7.62. The van der Waals surface area contributed by atoms with Crippen molar-refractivity contribution in [3.05, 3.63) is 33.9 Å². The van der Waals surface area contributed by atoms with E-state index >= 15 is 0 Å². The summed E-state index contributed by atoms with van der Waals surface area (Å²) in [5.41, 5.74) is 0.911. The lowest BCUT2D eigenvalue weighted by molar-refractivity contribution is -0.384. The van der Waals surface area contributed by atoms with E-state index in [0.717, 1.165) is 25.9 Å². The molecule has 0 unspecified atom stereocenters. The second-order valence-corrected chi connectivity index (χ2v) is 9.70. The van der Waals surface area contributed by atoms with Gasteiger partial charge in [0.2, 0.25) is 10.0 Å². The van der Waals surface area contributed by atoms with Crippen molar-refractivity contribution in [3.8, 4) is 0 Å². The zero-order valence-electron chi connectivity index (χ0n) is 16.7. The standard InChI is InChI=1S/C19H28N4O5S/c1-2-13-29(27,28)22-11-7-15(8-12-22)20-19(24)17-14-16(23(25)26)5-6-18(17)21-9-3-4-10-21/h5-6,14-15H,2-4,7-13H2,1H3,(H,20,24). The van der Waals surface area contributed by atoms with E-state index in [1.54, 1.807) is 6.07 Å². The third-order valence-electron chi connectivity index (χ3n) is 5.53. The predicted molar refractivity (Wildman–Crippen MR) is 111 cm³/mol. The number of carbonyl (C=O) groups excluding carboxylic acids is 1. The maximum atomic E-state index is 13.0. The fourth-order valence-electron chi connectivity index (χ4n) is 3.98. The molecule has 2 aliphatic rings. The molecule has 1 N–H and O–H groups in total. The van der Waals surface area contributed by atoms with Crippen molar-refractivity contribution < 1.29 is 18.1 Å². The second kappa shape index (κ2) is 9.08. The number of non-ortho nitro benzene ring substituents is 1. The van der Waals surface area contributed by atoms with E-state index < -0.39 is 14.9 Å². The molecule has 10 heteroatoms. The van der Waals surface area contributed by atoms with Crippen molar-refractivity contribution in [2.24, 2.45) is 0 Å². The Morgan fingerprint density at radius 3 is 2.45 bits per heavy atom. The lowest BCUT2D eigenvalue weighted by atomic mass is 10.0. The van der Waals surface area contributed by atoms with Crippen LogP contribution in [0.2, 0.25) is 0 Å². The van der Waals surface area contributed by atoms with Crippen LogP contribution in [0.1, 0.15) is 49.4 Å². The first-order valence-electron chi connectivity index (χ1n) is 10.1. The maximum absolute atomic E-state index is 13.0. The van der Waals surface area contributed by atoms with E-state index in [-0.39, 0.29) is 23.4 Å². The molecule has 0 aliphatic carbocycles. The van der Waals surface area contributed by atoms with Gasteiger partial charge in [0.15, 0.2) is 0 Å². The van der Waals surface area contributed by atoms with Gasteiger partial charge in [-0.3, -0.25) is 14.9 Å². The van der Waals surface area contributed by atoms with Gasteiger partial charge in [0.05, 0.1) is 21.9 Å². The Morgan fingerprint density at radius 1 is 1.21 bits per heavy atom. The predicted octanol–water partition coefficient (Wildman–Crippen LogP) is 2.13. The van der Waals surface area contributed by atoms with Gasteiger partial charge in [-0.2, -0.15) is 0 Å². The number of nitro benzene ring substituents is 1. The van der Waals surface area contributed by atoms with Crippen LogP contribution < -0.4 is 10.2 Å². The Kier molecular flexibility index (Phi) is 6.74. The molecule has 160 valence electrons. The highest BCUT2D eigenvalue weighted by atomic mass is 32.2. The molecule has 1 amide bonds. The van der Waals surface area contributed by atoms with Crippen molar-refractivity contribution in [1.82, 2.24) is 9.62 Å². The van der Waals surface area contributed by atoms with E-state index in [1.165, 1.54) is 16.4 Å². The van der Waals surface area contributed by atoms with Gasteiger partial charge >= 0.3 is 0 Å². The lowest BCUT2D eigenvalue weighted by Gasteiger charge is -2.32. The number of nitrogens with zero attached hydrogens (tertiary/aromatic N) is 3. The molecule has 1 aromatic rings. The molecule has 0 saturated carbocycles. The summed E-state index contributed by atoms with van der Waals surface area (Å²) in [6, 6.07) is 4.27. The average Bonchev–Trinajstić information content (AvgIpc) is 3.22. The van der Waals surface area contributed by atoms with Crippen molar-refractivity contribution in [3.63, 3.8) is 0 Å². The van der Waals surface area contributed by atoms with Crippen molar-refractivity contribution in [1.29, 1.82) is 0 Å². The first-order valence-corrected chi connectivity index (χ1v) is 11.7. The fourth-order valence-corrected chi connectivity index (χ4v) is 5.52. The van der Waals surface area contributed by atoms with Crippen LogP contribution in [0.15, 0.2) is 18.2 Å². The summed E-state index contributed by atoms with van der Waals surface area (Å²) in [7, 11) is -3.23. The van der Waals surface area contributed by atoms with Gasteiger partial charge in [-0.05, 0) is 38.2 Å². The van der Waals surface area contributed by atoms with Gasteiger partial charge < -0.3 is 10.2 Å². The number of sulfonamides is 1. The Labute approximate surface area is 171 Å². The number of piperidine rings is 1. The average molecular weight is 425 g/mol. The van der Waals surface area contributed by atoms with Gasteiger partial charge in [0.1, 0.15) is 0 Å². The molecule has 0 aromatic heterocycles. The number of benzene rings is 1. The van der Waals surface area contributed by atoms with Gasteiger partial charge in [0, 0.05) is 44.4 Å². The number of anilines is 1. The zero-order valence-corrected chi connectivity index (χ0v) is 17.5. The quantitative estimate of drug-likeness (QED) is 0.530. The van der Waals surface area contributed by atoms with E-state index in [9.17, 15) is 23.3 Å². The summed E-state index contributed by atoms with van der Waals surface area (Å²) in [6.07, 6.45) is 3.70. The van der Waals surface area contributed by atoms with Crippen molar-refractivity contribution >= 4 is 27.3 Å². The normalized spacial score (nSPS) is 18.7. The summed E-state index contributed by atoms with van der Waals surface area (Å²) >= 11 is 0. The highest BCUT2D eigenvalue weighted by molar-refractivity contribution is 7.89. The summed E-state index contributed by atoms with van der Waals surface area (Å²) in [5.74, 6) is -0.206. The van der Waals surface area contributed by atoms with Gasteiger partial charge in [0.25, 0.3) is 11.6 Å². The SMILES string of the molecule is CCCS(=O)(=O)N1CCC(NC(=O)c2cc([N+](=O)[O-])ccc2N2CCCC2)CC1. The summed E-state index contributed by atoms with van der Waals surface area (Å²) in [4.78, 5) is 25.7. The number of hydrogen-bond donors (Lipinski definition) is 1. The summed E-state index contributed by atoms with van der Waals surface area (Å²) < 4.78 is 25.9. The van der Waals surface area contributed by atoms with Crippen molar-refractivity contribution in [2.75, 3.05) is 36.8 Å². The smallest absolute Gasteiger partial charge is 0.270 e. The first-order chi connectivity index (χ1) is 13.8. The first kappa shape index (κ1) is 21.5.